The molecule has 0 radical (unpaired) electrons. The molecule has 0 amide bonds. The molecule has 198 valence electrons. The van der Waals surface area contributed by atoms with E-state index in [0.29, 0.717) is 47.0 Å². The number of hydrogen-bond donors (Lipinski definition) is 3. The summed E-state index contributed by atoms with van der Waals surface area (Å²) in [5.74, 6) is 0.862. The molecule has 9 heteroatoms. The predicted molar refractivity (Wildman–Crippen MR) is 152 cm³/mol. The number of aromatic nitrogens is 2. The molecule has 2 aromatic carbocycles. The highest BCUT2D eigenvalue weighted by Gasteiger charge is 2.25. The SMILES string of the molecule is CC(C)C[C@H](NCc1ccc(-c2cnc(N)c(NCc3c(Cl)cccc3Cl)n2)cc1)C(=O)OC(C)(C)C. The van der Waals surface area contributed by atoms with Gasteiger partial charge in [0, 0.05) is 34.3 Å². The van der Waals surface area contributed by atoms with Gasteiger partial charge in [0.25, 0.3) is 0 Å². The number of anilines is 2. The fourth-order valence-corrected chi connectivity index (χ4v) is 4.21. The quantitative estimate of drug-likeness (QED) is 0.251. The van der Waals surface area contributed by atoms with Crippen molar-refractivity contribution < 1.29 is 9.53 Å². The lowest BCUT2D eigenvalue weighted by molar-refractivity contribution is -0.158. The Morgan fingerprint density at radius 1 is 1.05 bits per heavy atom. The molecule has 0 aliphatic carbocycles. The summed E-state index contributed by atoms with van der Waals surface area (Å²) in [5, 5.41) is 7.67. The van der Waals surface area contributed by atoms with E-state index in [0.717, 1.165) is 16.7 Å². The molecule has 3 aromatic rings. The molecular weight excluding hydrogens is 509 g/mol. The molecule has 4 N–H and O–H groups in total. The first-order valence-electron chi connectivity index (χ1n) is 12.3. The zero-order chi connectivity index (χ0) is 27.2. The van der Waals surface area contributed by atoms with Crippen LogP contribution in [0.2, 0.25) is 10.0 Å². The molecule has 3 rings (SSSR count). The first-order valence-corrected chi connectivity index (χ1v) is 13.0. The molecule has 0 saturated heterocycles. The van der Waals surface area contributed by atoms with E-state index in [1.165, 1.54) is 0 Å². The number of esters is 1. The van der Waals surface area contributed by atoms with Crippen molar-refractivity contribution >= 4 is 40.8 Å². The zero-order valence-electron chi connectivity index (χ0n) is 21.9. The third kappa shape index (κ3) is 8.59. The number of benzene rings is 2. The minimum atomic E-state index is -0.525. The third-order valence-corrected chi connectivity index (χ3v) is 6.20. The third-order valence-electron chi connectivity index (χ3n) is 5.50. The van der Waals surface area contributed by atoms with E-state index in [9.17, 15) is 4.79 Å². The molecule has 0 unspecified atom stereocenters. The minimum absolute atomic E-state index is 0.229. The number of nitrogens with zero attached hydrogens (tertiary/aromatic N) is 2. The number of nitrogens with one attached hydrogen (secondary N) is 2. The zero-order valence-corrected chi connectivity index (χ0v) is 23.5. The van der Waals surface area contributed by atoms with E-state index in [2.05, 4.69) is 34.4 Å². The Morgan fingerprint density at radius 2 is 1.70 bits per heavy atom. The number of ether oxygens (including phenoxy) is 1. The molecule has 1 aromatic heterocycles. The van der Waals surface area contributed by atoms with Crippen molar-refractivity contribution in [1.29, 1.82) is 0 Å². The maximum Gasteiger partial charge on any atom is 0.323 e. The highest BCUT2D eigenvalue weighted by atomic mass is 35.5. The van der Waals surface area contributed by atoms with Crippen LogP contribution >= 0.6 is 23.2 Å². The van der Waals surface area contributed by atoms with Gasteiger partial charge in [-0.05, 0) is 50.8 Å². The van der Waals surface area contributed by atoms with Gasteiger partial charge in [0.1, 0.15) is 11.6 Å². The number of halogens is 2. The number of rotatable bonds is 10. The fraction of sp³-hybridized carbons (Fsp3) is 0.393. The average Bonchev–Trinajstić information content (AvgIpc) is 2.81. The standard InChI is InChI=1S/C28H35Cl2N5O2/c1-17(2)13-23(27(36)37-28(3,4)5)32-14-18-9-11-19(12-10-18)24-16-33-25(31)26(35-24)34-15-20-21(29)7-6-8-22(20)30/h6-12,16-17,23,32H,13-15H2,1-5H3,(H2,31,33)(H,34,35)/t23-/m0/s1. The fourth-order valence-electron chi connectivity index (χ4n) is 3.68. The number of nitrogen functional groups attached to an aromatic ring is 1. The van der Waals surface area contributed by atoms with Crippen molar-refractivity contribution in [2.75, 3.05) is 11.1 Å². The Bertz CT molecular complexity index is 1190. The molecule has 1 heterocycles. The molecule has 0 aliphatic rings. The summed E-state index contributed by atoms with van der Waals surface area (Å²) in [6, 6.07) is 12.9. The minimum Gasteiger partial charge on any atom is -0.459 e. The summed E-state index contributed by atoms with van der Waals surface area (Å²) >= 11 is 12.5. The highest BCUT2D eigenvalue weighted by molar-refractivity contribution is 6.36. The molecule has 37 heavy (non-hydrogen) atoms. The smallest absolute Gasteiger partial charge is 0.323 e. The van der Waals surface area contributed by atoms with Crippen LogP contribution in [0.3, 0.4) is 0 Å². The summed E-state index contributed by atoms with van der Waals surface area (Å²) in [4.78, 5) is 21.6. The van der Waals surface area contributed by atoms with Crippen LogP contribution in [-0.4, -0.2) is 27.6 Å². The van der Waals surface area contributed by atoms with Crippen molar-refractivity contribution in [3.63, 3.8) is 0 Å². The van der Waals surface area contributed by atoms with Crippen molar-refractivity contribution in [1.82, 2.24) is 15.3 Å². The van der Waals surface area contributed by atoms with E-state index in [4.69, 9.17) is 33.7 Å². The Morgan fingerprint density at radius 3 is 2.30 bits per heavy atom. The van der Waals surface area contributed by atoms with Crippen LogP contribution in [0, 0.1) is 5.92 Å². The first kappa shape index (κ1) is 28.7. The lowest BCUT2D eigenvalue weighted by Crippen LogP contribution is -2.41. The predicted octanol–water partition coefficient (Wildman–Crippen LogP) is 6.49. The van der Waals surface area contributed by atoms with Crippen LogP contribution in [0.5, 0.6) is 0 Å². The molecule has 0 saturated carbocycles. The van der Waals surface area contributed by atoms with Crippen molar-refractivity contribution in [3.8, 4) is 11.3 Å². The van der Waals surface area contributed by atoms with Crippen LogP contribution < -0.4 is 16.4 Å². The lowest BCUT2D eigenvalue weighted by atomic mass is 10.0. The van der Waals surface area contributed by atoms with Crippen LogP contribution in [0.15, 0.2) is 48.7 Å². The van der Waals surface area contributed by atoms with Gasteiger partial charge >= 0.3 is 5.97 Å². The average molecular weight is 545 g/mol. The number of hydrogen-bond acceptors (Lipinski definition) is 7. The molecule has 1 atom stereocenters. The summed E-state index contributed by atoms with van der Waals surface area (Å²) in [6.45, 7) is 10.7. The Kier molecular flexibility index (Phi) is 9.76. The molecular formula is C28H35Cl2N5O2. The van der Waals surface area contributed by atoms with Gasteiger partial charge in [-0.25, -0.2) is 9.97 Å². The topological polar surface area (TPSA) is 102 Å². The summed E-state index contributed by atoms with van der Waals surface area (Å²) in [5.41, 5.74) is 8.89. The first-order chi connectivity index (χ1) is 17.4. The van der Waals surface area contributed by atoms with Gasteiger partial charge in [-0.3, -0.25) is 4.79 Å². The Labute approximate surface area is 229 Å². The molecule has 0 spiro atoms. The van der Waals surface area contributed by atoms with Gasteiger partial charge in [-0.2, -0.15) is 0 Å². The van der Waals surface area contributed by atoms with Gasteiger partial charge in [0.15, 0.2) is 11.6 Å². The highest BCUT2D eigenvalue weighted by Crippen LogP contribution is 2.27. The van der Waals surface area contributed by atoms with Gasteiger partial charge in [0.2, 0.25) is 0 Å². The Balaban J connectivity index is 1.68. The second-order valence-corrected chi connectivity index (χ2v) is 11.2. The lowest BCUT2D eigenvalue weighted by Gasteiger charge is -2.25. The van der Waals surface area contributed by atoms with E-state index in [-0.39, 0.29) is 17.8 Å². The molecule has 0 fully saturated rings. The monoisotopic (exact) mass is 543 g/mol. The molecule has 7 nitrogen and oxygen atoms in total. The van der Waals surface area contributed by atoms with E-state index in [1.54, 1.807) is 24.4 Å². The van der Waals surface area contributed by atoms with E-state index < -0.39 is 5.60 Å². The maximum absolute atomic E-state index is 12.7. The molecule has 0 bridgehead atoms. The van der Waals surface area contributed by atoms with Gasteiger partial charge in [-0.1, -0.05) is 67.4 Å². The van der Waals surface area contributed by atoms with E-state index >= 15 is 0 Å². The largest absolute Gasteiger partial charge is 0.459 e. The maximum atomic E-state index is 12.7. The number of carbonyl (C=O) groups is 1. The van der Waals surface area contributed by atoms with Gasteiger partial charge in [0.05, 0.1) is 11.9 Å². The van der Waals surface area contributed by atoms with Crippen LogP contribution in [0.25, 0.3) is 11.3 Å². The van der Waals surface area contributed by atoms with Gasteiger partial charge in [-0.15, -0.1) is 0 Å². The van der Waals surface area contributed by atoms with Crippen LogP contribution in [0.1, 0.15) is 52.2 Å². The summed E-state index contributed by atoms with van der Waals surface area (Å²) < 4.78 is 5.60. The van der Waals surface area contributed by atoms with E-state index in [1.807, 2.05) is 45.0 Å². The number of carbonyl (C=O) groups excluding carboxylic acids is 1. The van der Waals surface area contributed by atoms with Crippen molar-refractivity contribution in [3.05, 3.63) is 69.8 Å². The van der Waals surface area contributed by atoms with Crippen molar-refractivity contribution in [2.24, 2.45) is 5.92 Å². The summed E-state index contributed by atoms with van der Waals surface area (Å²) in [7, 11) is 0. The Hall–Kier alpha value is -2.87. The normalized spacial score (nSPS) is 12.4. The van der Waals surface area contributed by atoms with Crippen molar-refractivity contribution in [2.45, 2.75) is 65.8 Å². The number of nitrogens with two attached hydrogens (primary N) is 1. The van der Waals surface area contributed by atoms with Gasteiger partial charge < -0.3 is 21.1 Å². The summed E-state index contributed by atoms with van der Waals surface area (Å²) in [6.07, 6.45) is 2.33. The second kappa shape index (κ2) is 12.6. The van der Waals surface area contributed by atoms with Crippen LogP contribution in [0.4, 0.5) is 11.6 Å². The second-order valence-electron chi connectivity index (χ2n) is 10.3. The van der Waals surface area contributed by atoms with Crippen LogP contribution in [-0.2, 0) is 22.6 Å². The molecule has 0 aliphatic heterocycles.